The number of rotatable bonds is 3. The van der Waals surface area contributed by atoms with Gasteiger partial charge in [-0.2, -0.15) is 0 Å². The number of hydrogen-bond acceptors (Lipinski definition) is 0. The molecule has 1 rings (SSSR count). The monoisotopic (exact) mass is 306 g/mol. The van der Waals surface area contributed by atoms with Gasteiger partial charge in [-0.1, -0.05) is 44.5 Å². The van der Waals surface area contributed by atoms with Crippen molar-refractivity contribution in [3.05, 3.63) is 45.1 Å². The summed E-state index contributed by atoms with van der Waals surface area (Å²) >= 11 is 6.60. The van der Waals surface area contributed by atoms with E-state index in [0.29, 0.717) is 0 Å². The summed E-state index contributed by atoms with van der Waals surface area (Å²) in [6.45, 7) is 3.74. The number of allylic oxidation sites excluding steroid dienone is 1. The standard InChI is InChI=1S/C10H9Br2F/c1-7(11)2-3-8-4-5-9(13)6-10(8)12/h4-6H,1-3H2. The van der Waals surface area contributed by atoms with Crippen LogP contribution in [-0.2, 0) is 6.42 Å². The third-order valence-corrected chi connectivity index (χ3v) is 2.82. The van der Waals surface area contributed by atoms with E-state index in [-0.39, 0.29) is 5.82 Å². The minimum absolute atomic E-state index is 0.215. The molecule has 0 heterocycles. The fraction of sp³-hybridized carbons (Fsp3) is 0.200. The van der Waals surface area contributed by atoms with E-state index in [1.165, 1.54) is 12.1 Å². The summed E-state index contributed by atoms with van der Waals surface area (Å²) in [7, 11) is 0. The third kappa shape index (κ3) is 3.61. The van der Waals surface area contributed by atoms with E-state index in [0.717, 1.165) is 27.4 Å². The van der Waals surface area contributed by atoms with Gasteiger partial charge in [-0.15, -0.1) is 0 Å². The van der Waals surface area contributed by atoms with Crippen molar-refractivity contribution in [1.82, 2.24) is 0 Å². The third-order valence-electron chi connectivity index (χ3n) is 1.68. The zero-order chi connectivity index (χ0) is 9.84. The molecule has 0 atom stereocenters. The zero-order valence-electron chi connectivity index (χ0n) is 6.99. The first-order valence-electron chi connectivity index (χ1n) is 3.87. The van der Waals surface area contributed by atoms with Crippen molar-refractivity contribution >= 4 is 31.9 Å². The molecule has 13 heavy (non-hydrogen) atoms. The maximum Gasteiger partial charge on any atom is 0.124 e. The summed E-state index contributed by atoms with van der Waals surface area (Å²) < 4.78 is 14.5. The van der Waals surface area contributed by atoms with E-state index in [1.807, 2.05) is 0 Å². The first-order chi connectivity index (χ1) is 6.09. The summed E-state index contributed by atoms with van der Waals surface area (Å²) in [5.74, 6) is -0.215. The topological polar surface area (TPSA) is 0 Å². The lowest BCUT2D eigenvalue weighted by atomic mass is 10.1. The van der Waals surface area contributed by atoms with E-state index >= 15 is 0 Å². The molecular formula is C10H9Br2F. The van der Waals surface area contributed by atoms with Crippen LogP contribution in [0.25, 0.3) is 0 Å². The maximum atomic E-state index is 12.7. The highest BCUT2D eigenvalue weighted by atomic mass is 79.9. The Bertz CT molecular complexity index is 321. The molecule has 0 aliphatic heterocycles. The molecule has 0 saturated carbocycles. The van der Waals surface area contributed by atoms with Crippen molar-refractivity contribution in [2.75, 3.05) is 0 Å². The Morgan fingerprint density at radius 1 is 1.46 bits per heavy atom. The summed E-state index contributed by atoms with van der Waals surface area (Å²) in [4.78, 5) is 0. The fourth-order valence-electron chi connectivity index (χ4n) is 0.995. The molecule has 0 amide bonds. The smallest absolute Gasteiger partial charge is 0.124 e. The average molecular weight is 308 g/mol. The summed E-state index contributed by atoms with van der Waals surface area (Å²) in [6, 6.07) is 4.73. The Morgan fingerprint density at radius 3 is 2.69 bits per heavy atom. The lowest BCUT2D eigenvalue weighted by Gasteiger charge is -2.03. The van der Waals surface area contributed by atoms with Gasteiger partial charge in [0.2, 0.25) is 0 Å². The highest BCUT2D eigenvalue weighted by Gasteiger charge is 2.01. The van der Waals surface area contributed by atoms with Crippen molar-refractivity contribution in [3.8, 4) is 0 Å². The van der Waals surface area contributed by atoms with E-state index in [4.69, 9.17) is 0 Å². The Morgan fingerprint density at radius 2 is 2.15 bits per heavy atom. The van der Waals surface area contributed by atoms with Crippen LogP contribution in [0.2, 0.25) is 0 Å². The molecule has 0 aliphatic carbocycles. The van der Waals surface area contributed by atoms with Crippen LogP contribution in [0.1, 0.15) is 12.0 Å². The predicted molar refractivity (Wildman–Crippen MR) is 60.5 cm³/mol. The lowest BCUT2D eigenvalue weighted by Crippen LogP contribution is -1.87. The highest BCUT2D eigenvalue weighted by Crippen LogP contribution is 2.21. The van der Waals surface area contributed by atoms with Crippen molar-refractivity contribution in [1.29, 1.82) is 0 Å². The quantitative estimate of drug-likeness (QED) is 0.775. The Labute approximate surface area is 94.1 Å². The molecular weight excluding hydrogens is 299 g/mol. The first kappa shape index (κ1) is 10.9. The van der Waals surface area contributed by atoms with Crippen molar-refractivity contribution in [2.24, 2.45) is 0 Å². The van der Waals surface area contributed by atoms with Crippen LogP contribution in [0.15, 0.2) is 33.7 Å². The predicted octanol–water partition coefficient (Wildman–Crippen LogP) is 4.43. The lowest BCUT2D eigenvalue weighted by molar-refractivity contribution is 0.626. The van der Waals surface area contributed by atoms with Crippen LogP contribution in [-0.4, -0.2) is 0 Å². The highest BCUT2D eigenvalue weighted by molar-refractivity contribution is 9.11. The average Bonchev–Trinajstić information content (AvgIpc) is 2.02. The van der Waals surface area contributed by atoms with E-state index in [1.54, 1.807) is 6.07 Å². The van der Waals surface area contributed by atoms with Gasteiger partial charge in [0, 0.05) is 4.47 Å². The molecule has 0 aromatic heterocycles. The van der Waals surface area contributed by atoms with E-state index < -0.39 is 0 Å². The summed E-state index contributed by atoms with van der Waals surface area (Å²) in [5.41, 5.74) is 1.10. The van der Waals surface area contributed by atoms with Gasteiger partial charge in [-0.3, -0.25) is 0 Å². The van der Waals surface area contributed by atoms with E-state index in [9.17, 15) is 4.39 Å². The summed E-state index contributed by atoms with van der Waals surface area (Å²) in [6.07, 6.45) is 1.73. The molecule has 0 N–H and O–H groups in total. The van der Waals surface area contributed by atoms with Crippen molar-refractivity contribution < 1.29 is 4.39 Å². The number of hydrogen-bond donors (Lipinski definition) is 0. The molecule has 0 radical (unpaired) electrons. The van der Waals surface area contributed by atoms with Gasteiger partial charge in [0.15, 0.2) is 0 Å². The fourth-order valence-corrected chi connectivity index (χ4v) is 1.74. The van der Waals surface area contributed by atoms with Crippen LogP contribution in [0, 0.1) is 5.82 Å². The van der Waals surface area contributed by atoms with Crippen LogP contribution < -0.4 is 0 Å². The molecule has 0 saturated heterocycles. The molecule has 70 valence electrons. The van der Waals surface area contributed by atoms with Gasteiger partial charge < -0.3 is 0 Å². The Kier molecular flexibility index (Phi) is 4.13. The van der Waals surface area contributed by atoms with Crippen LogP contribution in [0.5, 0.6) is 0 Å². The van der Waals surface area contributed by atoms with Gasteiger partial charge in [0.25, 0.3) is 0 Å². The Hall–Kier alpha value is -0.150. The second kappa shape index (κ2) is 4.91. The van der Waals surface area contributed by atoms with Gasteiger partial charge in [0.05, 0.1) is 0 Å². The molecule has 0 nitrogen and oxygen atoms in total. The summed E-state index contributed by atoms with van der Waals surface area (Å²) in [5, 5.41) is 0. The second-order valence-corrected chi connectivity index (χ2v) is 4.73. The molecule has 0 fully saturated rings. The number of halogens is 3. The minimum atomic E-state index is -0.215. The van der Waals surface area contributed by atoms with Gasteiger partial charge in [0.1, 0.15) is 5.82 Å². The number of aryl methyl sites for hydroxylation is 1. The van der Waals surface area contributed by atoms with Gasteiger partial charge in [-0.25, -0.2) is 4.39 Å². The maximum absolute atomic E-state index is 12.7. The SMILES string of the molecule is C=C(Br)CCc1ccc(F)cc1Br. The molecule has 0 spiro atoms. The van der Waals surface area contributed by atoms with Gasteiger partial charge in [-0.05, 0) is 35.0 Å². The molecule has 0 aliphatic rings. The van der Waals surface area contributed by atoms with Gasteiger partial charge >= 0.3 is 0 Å². The van der Waals surface area contributed by atoms with Crippen molar-refractivity contribution in [3.63, 3.8) is 0 Å². The normalized spacial score (nSPS) is 10.1. The molecule has 0 bridgehead atoms. The molecule has 1 aromatic carbocycles. The van der Waals surface area contributed by atoms with Crippen LogP contribution in [0.4, 0.5) is 4.39 Å². The molecule has 1 aromatic rings. The minimum Gasteiger partial charge on any atom is -0.207 e. The number of benzene rings is 1. The molecule has 3 heteroatoms. The second-order valence-electron chi connectivity index (χ2n) is 2.75. The van der Waals surface area contributed by atoms with Crippen LogP contribution >= 0.6 is 31.9 Å². The van der Waals surface area contributed by atoms with Crippen LogP contribution in [0.3, 0.4) is 0 Å². The zero-order valence-corrected chi connectivity index (χ0v) is 10.2. The first-order valence-corrected chi connectivity index (χ1v) is 5.45. The largest absolute Gasteiger partial charge is 0.207 e. The van der Waals surface area contributed by atoms with Crippen molar-refractivity contribution in [2.45, 2.75) is 12.8 Å². The Balaban J connectivity index is 2.72. The molecule has 0 unspecified atom stereocenters. The van der Waals surface area contributed by atoms with E-state index in [2.05, 4.69) is 38.4 Å².